The Morgan fingerprint density at radius 1 is 1.16 bits per heavy atom. The van der Waals surface area contributed by atoms with Gasteiger partial charge in [-0.05, 0) is 56.0 Å². The quantitative estimate of drug-likeness (QED) is 0.434. The molecule has 3 aromatic rings. The summed E-state index contributed by atoms with van der Waals surface area (Å²) in [5, 5.41) is 16.1. The summed E-state index contributed by atoms with van der Waals surface area (Å²) in [6, 6.07) is 14.2. The molecule has 8 rings (SSSR count). The van der Waals surface area contributed by atoms with Crippen molar-refractivity contribution in [3.8, 4) is 0 Å². The monoisotopic (exact) mass is 581 g/mol. The Hall–Kier alpha value is -3.99. The lowest BCUT2D eigenvalue weighted by atomic mass is 9.76. The summed E-state index contributed by atoms with van der Waals surface area (Å²) >= 11 is 0. The van der Waals surface area contributed by atoms with Crippen LogP contribution >= 0.6 is 0 Å². The zero-order valence-corrected chi connectivity index (χ0v) is 24.2. The second-order valence-electron chi connectivity index (χ2n) is 12.8. The minimum absolute atomic E-state index is 0.00920. The number of nitrogens with one attached hydrogen (secondary N) is 2. The lowest BCUT2D eigenvalue weighted by molar-refractivity contribution is -0.315. The van der Waals surface area contributed by atoms with E-state index in [0.29, 0.717) is 31.5 Å². The molecular weight excluding hydrogens is 546 g/mol. The van der Waals surface area contributed by atoms with Crippen molar-refractivity contribution in [2.45, 2.75) is 68.3 Å². The number of piperazine rings is 1. The molecule has 0 bridgehead atoms. The molecule has 5 heterocycles. The maximum absolute atomic E-state index is 14.2. The number of rotatable bonds is 4. The number of hydrogen-bond acceptors (Lipinski definition) is 6. The van der Waals surface area contributed by atoms with Gasteiger partial charge in [0.15, 0.2) is 0 Å². The van der Waals surface area contributed by atoms with E-state index in [1.807, 2.05) is 49.5 Å². The third-order valence-electron chi connectivity index (χ3n) is 10.2. The number of hydrogen-bond donors (Lipinski definition) is 3. The number of benzene rings is 2. The molecule has 43 heavy (non-hydrogen) atoms. The van der Waals surface area contributed by atoms with E-state index in [1.54, 1.807) is 4.90 Å². The molecule has 0 radical (unpaired) electrons. The Balaban J connectivity index is 1.11. The highest BCUT2D eigenvalue weighted by atomic mass is 16.7. The Kier molecular flexibility index (Phi) is 5.73. The van der Waals surface area contributed by atoms with Gasteiger partial charge in [0, 0.05) is 54.1 Å². The first-order valence-corrected chi connectivity index (χ1v) is 15.1. The summed E-state index contributed by atoms with van der Waals surface area (Å²) in [6.07, 6.45) is 6.41. The number of aromatic amines is 1. The van der Waals surface area contributed by atoms with E-state index < -0.39 is 35.5 Å². The molecule has 3 saturated heterocycles. The van der Waals surface area contributed by atoms with E-state index >= 15 is 0 Å². The van der Waals surface area contributed by atoms with Gasteiger partial charge in [-0.2, -0.15) is 0 Å². The number of carbonyl (C=O) groups excluding carboxylic acids is 3. The number of fused-ring (bicyclic) bond motifs is 5. The standard InChI is InChI=1S/C33H35N5O5/c1-32(35-29(39)21-15-23-22-10-6-11-24-28(22)20(17-34-24)16-25(23)36(2)18-21)31(41)38-26(14-19-8-4-3-5-9-19)30(40)37-13-7-12-27(37)33(38,42)43-32/h3-6,8-11,15,17,23,25-27,34,42H,7,12-14,16,18H2,1-2H3,(H,35,39)/t23?,25-,26+,27+,32-,33+/m1/s1. The molecule has 6 atom stereocenters. The first kappa shape index (κ1) is 26.6. The number of carbonyl (C=O) groups is 3. The number of likely N-dealkylation sites (N-methyl/N-ethyl adjacent to an activating group) is 1. The molecule has 10 heteroatoms. The van der Waals surface area contributed by atoms with Gasteiger partial charge >= 0.3 is 0 Å². The molecule has 0 spiro atoms. The van der Waals surface area contributed by atoms with Gasteiger partial charge in [-0.15, -0.1) is 0 Å². The summed E-state index contributed by atoms with van der Waals surface area (Å²) < 4.78 is 6.22. The number of nitrogens with zero attached hydrogens (tertiary/aromatic N) is 3. The van der Waals surface area contributed by atoms with E-state index in [2.05, 4.69) is 33.5 Å². The topological polar surface area (TPSA) is 118 Å². The van der Waals surface area contributed by atoms with E-state index in [0.717, 1.165) is 17.5 Å². The highest BCUT2D eigenvalue weighted by Crippen LogP contribution is 2.46. The summed E-state index contributed by atoms with van der Waals surface area (Å²) in [5.41, 5.74) is 3.09. The first-order valence-electron chi connectivity index (χ1n) is 15.1. The molecule has 10 nitrogen and oxygen atoms in total. The molecule has 1 unspecified atom stereocenters. The van der Waals surface area contributed by atoms with Crippen molar-refractivity contribution in [1.82, 2.24) is 25.0 Å². The van der Waals surface area contributed by atoms with Crippen LogP contribution in [-0.4, -0.2) is 92.4 Å². The molecule has 5 aliphatic rings. The fraction of sp³-hybridized carbons (Fsp3) is 0.424. The minimum Gasteiger partial charge on any atom is -0.361 e. The molecule has 3 fully saturated rings. The molecule has 3 N–H and O–H groups in total. The van der Waals surface area contributed by atoms with Gasteiger partial charge in [0.25, 0.3) is 17.7 Å². The van der Waals surface area contributed by atoms with Crippen LogP contribution in [0.25, 0.3) is 10.9 Å². The SMILES string of the molecule is CN1CC(C(=O)N[C@]2(C)O[C@@]3(O)[C@@H]4CCCN4C(=O)[C@H](Cc4ccccc4)N3C2=O)=CC2c3cccc4[nH]cc(c34)C[C@H]21. The third-order valence-corrected chi connectivity index (χ3v) is 10.2. The van der Waals surface area contributed by atoms with E-state index in [-0.39, 0.29) is 24.3 Å². The van der Waals surface area contributed by atoms with Crippen molar-refractivity contribution in [2.75, 3.05) is 20.1 Å². The van der Waals surface area contributed by atoms with Crippen LogP contribution in [0.3, 0.4) is 0 Å². The number of H-pyrrole nitrogens is 1. The lowest BCUT2D eigenvalue weighted by Crippen LogP contribution is -2.71. The molecule has 4 aliphatic heterocycles. The highest BCUT2D eigenvalue weighted by Gasteiger charge is 2.69. The normalized spacial score (nSPS) is 33.3. The Labute approximate surface area is 249 Å². The second kappa shape index (κ2) is 9.25. The summed E-state index contributed by atoms with van der Waals surface area (Å²) in [6.45, 7) is 2.38. The van der Waals surface area contributed by atoms with Crippen molar-refractivity contribution in [1.29, 1.82) is 0 Å². The average Bonchev–Trinajstić information content (AvgIpc) is 3.70. The minimum atomic E-state index is -2.05. The van der Waals surface area contributed by atoms with Crippen LogP contribution in [0.1, 0.15) is 42.4 Å². The lowest BCUT2D eigenvalue weighted by Gasteiger charge is -2.48. The van der Waals surface area contributed by atoms with Crippen LogP contribution in [0.2, 0.25) is 0 Å². The first-order chi connectivity index (χ1) is 20.7. The van der Waals surface area contributed by atoms with E-state index in [4.69, 9.17) is 4.74 Å². The molecule has 1 aromatic heterocycles. The van der Waals surface area contributed by atoms with Gasteiger partial charge in [0.2, 0.25) is 11.6 Å². The van der Waals surface area contributed by atoms with Crippen molar-refractivity contribution in [2.24, 2.45) is 0 Å². The van der Waals surface area contributed by atoms with E-state index in [1.165, 1.54) is 28.3 Å². The van der Waals surface area contributed by atoms with Crippen LogP contribution in [-0.2, 0) is 32.0 Å². The second-order valence-corrected chi connectivity index (χ2v) is 12.8. The number of aromatic nitrogens is 1. The maximum atomic E-state index is 14.2. The van der Waals surface area contributed by atoms with Crippen molar-refractivity contribution < 1.29 is 24.2 Å². The number of amides is 3. The van der Waals surface area contributed by atoms with Gasteiger partial charge in [-0.25, -0.2) is 0 Å². The van der Waals surface area contributed by atoms with Crippen molar-refractivity contribution in [3.05, 3.63) is 83.1 Å². The summed E-state index contributed by atoms with van der Waals surface area (Å²) in [7, 11) is 2.02. The van der Waals surface area contributed by atoms with Gasteiger partial charge < -0.3 is 20.3 Å². The van der Waals surface area contributed by atoms with Crippen LogP contribution in [0.5, 0.6) is 0 Å². The van der Waals surface area contributed by atoms with Gasteiger partial charge in [-0.1, -0.05) is 48.5 Å². The highest BCUT2D eigenvalue weighted by molar-refractivity contribution is 6.01. The summed E-state index contributed by atoms with van der Waals surface area (Å²) in [4.78, 5) is 50.2. The number of aliphatic hydroxyl groups is 1. The average molecular weight is 582 g/mol. The Morgan fingerprint density at radius 3 is 2.79 bits per heavy atom. The van der Waals surface area contributed by atoms with Crippen LogP contribution < -0.4 is 5.32 Å². The summed E-state index contributed by atoms with van der Waals surface area (Å²) in [5.74, 6) is -3.29. The zero-order chi connectivity index (χ0) is 29.7. The van der Waals surface area contributed by atoms with Gasteiger partial charge in [0.05, 0.1) is 0 Å². The molecule has 2 aromatic carbocycles. The fourth-order valence-corrected chi connectivity index (χ4v) is 8.20. The Morgan fingerprint density at radius 2 is 1.98 bits per heavy atom. The van der Waals surface area contributed by atoms with Crippen molar-refractivity contribution >= 4 is 28.6 Å². The maximum Gasteiger partial charge on any atom is 0.280 e. The molecule has 222 valence electrons. The predicted octanol–water partition coefficient (Wildman–Crippen LogP) is 2.00. The smallest absolute Gasteiger partial charge is 0.280 e. The predicted molar refractivity (Wildman–Crippen MR) is 157 cm³/mol. The molecule has 0 saturated carbocycles. The Bertz CT molecular complexity index is 1700. The molecule has 1 aliphatic carbocycles. The van der Waals surface area contributed by atoms with Gasteiger partial charge in [0.1, 0.15) is 12.1 Å². The van der Waals surface area contributed by atoms with Crippen molar-refractivity contribution in [3.63, 3.8) is 0 Å². The van der Waals surface area contributed by atoms with Crippen LogP contribution in [0.4, 0.5) is 0 Å². The molecular formula is C33H35N5O5. The van der Waals surface area contributed by atoms with Crippen LogP contribution in [0.15, 0.2) is 66.4 Å². The zero-order valence-electron chi connectivity index (χ0n) is 24.2. The van der Waals surface area contributed by atoms with Gasteiger partial charge in [-0.3, -0.25) is 28.9 Å². The van der Waals surface area contributed by atoms with E-state index in [9.17, 15) is 19.5 Å². The fourth-order valence-electron chi connectivity index (χ4n) is 8.20. The van der Waals surface area contributed by atoms with Crippen LogP contribution in [0, 0.1) is 0 Å². The largest absolute Gasteiger partial charge is 0.361 e. The number of ether oxygens (including phenoxy) is 1. The third kappa shape index (κ3) is 3.79. The molecule has 3 amide bonds.